The number of methoxy groups -OCH3 is 1. The molecule has 0 unspecified atom stereocenters. The summed E-state index contributed by atoms with van der Waals surface area (Å²) in [6.45, 7) is 1.92. The van der Waals surface area contributed by atoms with Crippen LogP contribution in [0.25, 0.3) is 16.8 Å². The zero-order valence-corrected chi connectivity index (χ0v) is 10.8. The van der Waals surface area contributed by atoms with Gasteiger partial charge >= 0.3 is 0 Å². The van der Waals surface area contributed by atoms with Crippen molar-refractivity contribution in [3.05, 3.63) is 42.2 Å². The Morgan fingerprint density at radius 1 is 1.21 bits per heavy atom. The third kappa shape index (κ3) is 1.89. The molecule has 0 saturated carbocycles. The van der Waals surface area contributed by atoms with Crippen LogP contribution in [-0.4, -0.2) is 21.7 Å². The Hall–Kier alpha value is -2.56. The summed E-state index contributed by atoms with van der Waals surface area (Å²) in [6, 6.07) is 9.60. The van der Waals surface area contributed by atoms with Crippen molar-refractivity contribution in [2.24, 2.45) is 0 Å². The number of rotatable bonds is 2. The van der Waals surface area contributed by atoms with Crippen LogP contribution in [0.15, 0.2) is 36.5 Å². The lowest BCUT2D eigenvalue weighted by Crippen LogP contribution is -2.01. The van der Waals surface area contributed by atoms with Crippen LogP contribution in [0.1, 0.15) is 5.69 Å². The molecule has 2 N–H and O–H groups in total. The summed E-state index contributed by atoms with van der Waals surface area (Å²) in [5.74, 6) is 1.41. The van der Waals surface area contributed by atoms with E-state index in [-0.39, 0.29) is 0 Å². The molecule has 96 valence electrons. The van der Waals surface area contributed by atoms with Crippen LogP contribution in [0.2, 0.25) is 0 Å². The Kier molecular flexibility index (Phi) is 2.59. The molecule has 2 heterocycles. The van der Waals surface area contributed by atoms with Gasteiger partial charge in [-0.3, -0.25) is 0 Å². The van der Waals surface area contributed by atoms with Crippen molar-refractivity contribution in [3.8, 4) is 16.9 Å². The minimum absolute atomic E-state index is 0.585. The number of nitrogens with zero attached hydrogens (tertiary/aromatic N) is 3. The number of nitrogens with two attached hydrogens (primary N) is 1. The van der Waals surface area contributed by atoms with Crippen LogP contribution in [0, 0.1) is 6.92 Å². The summed E-state index contributed by atoms with van der Waals surface area (Å²) >= 11 is 0. The molecule has 3 aromatic rings. The van der Waals surface area contributed by atoms with Crippen molar-refractivity contribution in [3.63, 3.8) is 0 Å². The number of anilines is 1. The van der Waals surface area contributed by atoms with Gasteiger partial charge in [0.15, 0.2) is 5.65 Å². The van der Waals surface area contributed by atoms with Crippen LogP contribution in [0.4, 0.5) is 5.82 Å². The predicted octanol–water partition coefficient (Wildman–Crippen LogP) is 2.30. The van der Waals surface area contributed by atoms with Gasteiger partial charge in [0.1, 0.15) is 11.6 Å². The standard InChI is InChI=1S/C14H14N4O/c1-9-7-13(15)18-14(17-9)12(8-16-18)10-3-5-11(19-2)6-4-10/h3-8H,15H2,1-2H3. The van der Waals surface area contributed by atoms with E-state index in [4.69, 9.17) is 10.5 Å². The van der Waals surface area contributed by atoms with Gasteiger partial charge < -0.3 is 10.5 Å². The molecule has 0 atom stereocenters. The topological polar surface area (TPSA) is 65.4 Å². The molecule has 2 aromatic heterocycles. The number of ether oxygens (including phenoxy) is 1. The highest BCUT2D eigenvalue weighted by Gasteiger charge is 2.10. The van der Waals surface area contributed by atoms with Gasteiger partial charge in [0.05, 0.1) is 13.3 Å². The summed E-state index contributed by atoms with van der Waals surface area (Å²) in [4.78, 5) is 4.50. The quantitative estimate of drug-likeness (QED) is 0.762. The molecule has 5 nitrogen and oxygen atoms in total. The number of benzene rings is 1. The van der Waals surface area contributed by atoms with E-state index in [1.54, 1.807) is 23.9 Å². The Balaban J connectivity index is 2.19. The smallest absolute Gasteiger partial charge is 0.165 e. The molecule has 0 aliphatic heterocycles. The second kappa shape index (κ2) is 4.28. The predicted molar refractivity (Wildman–Crippen MR) is 74.1 cm³/mol. The zero-order valence-electron chi connectivity index (χ0n) is 10.8. The molecule has 0 fully saturated rings. The van der Waals surface area contributed by atoms with Crippen LogP contribution >= 0.6 is 0 Å². The van der Waals surface area contributed by atoms with Gasteiger partial charge in [0.25, 0.3) is 0 Å². The van der Waals surface area contributed by atoms with Crippen molar-refractivity contribution in [2.75, 3.05) is 12.8 Å². The largest absolute Gasteiger partial charge is 0.497 e. The van der Waals surface area contributed by atoms with E-state index in [1.807, 2.05) is 31.2 Å². The van der Waals surface area contributed by atoms with Gasteiger partial charge in [0.2, 0.25) is 0 Å². The van der Waals surface area contributed by atoms with Gasteiger partial charge in [-0.25, -0.2) is 4.98 Å². The van der Waals surface area contributed by atoms with E-state index in [9.17, 15) is 0 Å². The van der Waals surface area contributed by atoms with E-state index < -0.39 is 0 Å². The molecule has 3 rings (SSSR count). The maximum Gasteiger partial charge on any atom is 0.165 e. The SMILES string of the molecule is COc1ccc(-c2cnn3c(N)cc(C)nc23)cc1. The Labute approximate surface area is 110 Å². The van der Waals surface area contributed by atoms with Gasteiger partial charge in [-0.05, 0) is 24.6 Å². The first-order valence-electron chi connectivity index (χ1n) is 5.94. The molecule has 0 spiro atoms. The number of fused-ring (bicyclic) bond motifs is 1. The highest BCUT2D eigenvalue weighted by Crippen LogP contribution is 2.26. The lowest BCUT2D eigenvalue weighted by molar-refractivity contribution is 0.415. The normalized spacial score (nSPS) is 10.8. The first kappa shape index (κ1) is 11.5. The Morgan fingerprint density at radius 3 is 2.63 bits per heavy atom. The zero-order chi connectivity index (χ0) is 13.4. The van der Waals surface area contributed by atoms with Gasteiger partial charge in [0, 0.05) is 17.3 Å². The summed E-state index contributed by atoms with van der Waals surface area (Å²) in [5.41, 5.74) is 9.57. The molecule has 0 aliphatic carbocycles. The summed E-state index contributed by atoms with van der Waals surface area (Å²) < 4.78 is 6.80. The summed E-state index contributed by atoms with van der Waals surface area (Å²) in [5, 5.41) is 4.28. The highest BCUT2D eigenvalue weighted by atomic mass is 16.5. The first-order valence-corrected chi connectivity index (χ1v) is 5.94. The van der Waals surface area contributed by atoms with Crippen molar-refractivity contribution < 1.29 is 4.74 Å². The summed E-state index contributed by atoms with van der Waals surface area (Å²) in [7, 11) is 1.65. The summed E-state index contributed by atoms with van der Waals surface area (Å²) in [6.07, 6.45) is 1.78. The second-order valence-corrected chi connectivity index (χ2v) is 4.34. The van der Waals surface area contributed by atoms with E-state index >= 15 is 0 Å². The second-order valence-electron chi connectivity index (χ2n) is 4.34. The van der Waals surface area contributed by atoms with Crippen molar-refractivity contribution in [1.82, 2.24) is 14.6 Å². The maximum atomic E-state index is 5.93. The number of aryl methyl sites for hydroxylation is 1. The fourth-order valence-corrected chi connectivity index (χ4v) is 2.09. The fourth-order valence-electron chi connectivity index (χ4n) is 2.09. The fraction of sp³-hybridized carbons (Fsp3) is 0.143. The van der Waals surface area contributed by atoms with E-state index in [1.165, 1.54) is 0 Å². The van der Waals surface area contributed by atoms with Crippen molar-refractivity contribution in [2.45, 2.75) is 6.92 Å². The molecule has 0 amide bonds. The Morgan fingerprint density at radius 2 is 1.95 bits per heavy atom. The van der Waals surface area contributed by atoms with Crippen LogP contribution < -0.4 is 10.5 Å². The van der Waals surface area contributed by atoms with Crippen molar-refractivity contribution in [1.29, 1.82) is 0 Å². The van der Waals surface area contributed by atoms with Gasteiger partial charge in [-0.1, -0.05) is 12.1 Å². The molecular weight excluding hydrogens is 240 g/mol. The molecular formula is C14H14N4O. The molecule has 0 saturated heterocycles. The van der Waals surface area contributed by atoms with E-state index in [0.29, 0.717) is 5.82 Å². The molecule has 5 heteroatoms. The van der Waals surface area contributed by atoms with E-state index in [2.05, 4.69) is 10.1 Å². The lowest BCUT2D eigenvalue weighted by Gasteiger charge is -2.04. The number of hydrogen-bond donors (Lipinski definition) is 1. The molecule has 0 bridgehead atoms. The molecule has 0 aliphatic rings. The first-order chi connectivity index (χ1) is 9.19. The average Bonchev–Trinajstić information content (AvgIpc) is 2.83. The third-order valence-corrected chi connectivity index (χ3v) is 3.03. The van der Waals surface area contributed by atoms with Gasteiger partial charge in [-0.15, -0.1) is 0 Å². The highest BCUT2D eigenvalue weighted by molar-refractivity contribution is 5.78. The molecule has 19 heavy (non-hydrogen) atoms. The maximum absolute atomic E-state index is 5.93. The minimum Gasteiger partial charge on any atom is -0.497 e. The Bertz CT molecular complexity index is 731. The molecule has 0 radical (unpaired) electrons. The van der Waals surface area contributed by atoms with Crippen LogP contribution in [0.5, 0.6) is 5.75 Å². The number of hydrogen-bond acceptors (Lipinski definition) is 4. The minimum atomic E-state index is 0.585. The monoisotopic (exact) mass is 254 g/mol. The number of aromatic nitrogens is 3. The van der Waals surface area contributed by atoms with Crippen LogP contribution in [0.3, 0.4) is 0 Å². The number of nitrogen functional groups attached to an aromatic ring is 1. The van der Waals surface area contributed by atoms with Crippen LogP contribution in [-0.2, 0) is 0 Å². The van der Waals surface area contributed by atoms with Gasteiger partial charge in [-0.2, -0.15) is 9.61 Å². The van der Waals surface area contributed by atoms with E-state index in [0.717, 1.165) is 28.2 Å². The van der Waals surface area contributed by atoms with Crippen molar-refractivity contribution >= 4 is 11.5 Å². The lowest BCUT2D eigenvalue weighted by atomic mass is 10.1. The average molecular weight is 254 g/mol. The molecule has 1 aromatic carbocycles. The third-order valence-electron chi connectivity index (χ3n) is 3.03.